The highest BCUT2D eigenvalue weighted by atomic mass is 19.4. The average Bonchev–Trinajstić information content (AvgIpc) is 3.07. The Hall–Kier alpha value is -2.25. The molecule has 1 N–H and O–H groups in total. The predicted octanol–water partition coefficient (Wildman–Crippen LogP) is 4.65. The second-order valence-electron chi connectivity index (χ2n) is 8.70. The van der Waals surface area contributed by atoms with Gasteiger partial charge in [0.1, 0.15) is 6.10 Å². The normalized spacial score (nSPS) is 29.0. The summed E-state index contributed by atoms with van der Waals surface area (Å²) in [6, 6.07) is 4.90. The Labute approximate surface area is 173 Å². The zero-order valence-corrected chi connectivity index (χ0v) is 16.8. The van der Waals surface area contributed by atoms with Crippen LogP contribution in [0.2, 0.25) is 0 Å². The van der Waals surface area contributed by atoms with Crippen molar-refractivity contribution < 1.29 is 27.5 Å². The summed E-state index contributed by atoms with van der Waals surface area (Å²) in [6.45, 7) is 0.809. The molecule has 1 aromatic carbocycles. The molecule has 3 aliphatic rings. The molecule has 2 aliphatic heterocycles. The number of carbonyl (C=O) groups excluding carboxylic acids is 2. The number of amides is 2. The Morgan fingerprint density at radius 1 is 1.23 bits per heavy atom. The van der Waals surface area contributed by atoms with Gasteiger partial charge in [-0.1, -0.05) is 12.1 Å². The van der Waals surface area contributed by atoms with Gasteiger partial charge in [-0.05, 0) is 68.6 Å². The number of ether oxygens (including phenoxy) is 1. The highest BCUT2D eigenvalue weighted by molar-refractivity contribution is 5.78. The molecule has 2 amide bonds. The number of rotatable bonds is 3. The van der Waals surface area contributed by atoms with Gasteiger partial charge in [0.15, 0.2) is 0 Å². The molecule has 1 spiro atoms. The van der Waals surface area contributed by atoms with Crippen LogP contribution in [0.1, 0.15) is 62.5 Å². The van der Waals surface area contributed by atoms with E-state index in [4.69, 9.17) is 4.74 Å². The van der Waals surface area contributed by atoms with Gasteiger partial charge in [-0.2, -0.15) is 13.2 Å². The van der Waals surface area contributed by atoms with E-state index in [-0.39, 0.29) is 24.1 Å². The zero-order valence-electron chi connectivity index (χ0n) is 16.8. The summed E-state index contributed by atoms with van der Waals surface area (Å²) in [6.07, 6.45) is 1.53. The maximum Gasteiger partial charge on any atom is 0.416 e. The molecule has 1 saturated carbocycles. The van der Waals surface area contributed by atoms with Gasteiger partial charge in [-0.25, -0.2) is 4.79 Å². The number of nitrogens with zero attached hydrogens (tertiary/aromatic N) is 1. The van der Waals surface area contributed by atoms with Crippen LogP contribution in [0, 0.1) is 5.92 Å². The second-order valence-corrected chi connectivity index (χ2v) is 8.70. The van der Waals surface area contributed by atoms with Crippen molar-refractivity contribution in [2.24, 2.45) is 5.92 Å². The number of alkyl carbamates (subject to hydrolysis) is 1. The maximum atomic E-state index is 12.8. The number of hydrogen-bond acceptors (Lipinski definition) is 3. The summed E-state index contributed by atoms with van der Waals surface area (Å²) in [5.41, 5.74) is -0.438. The van der Waals surface area contributed by atoms with E-state index < -0.39 is 17.8 Å². The molecule has 1 aromatic rings. The topological polar surface area (TPSA) is 58.6 Å². The van der Waals surface area contributed by atoms with E-state index in [1.807, 2.05) is 0 Å². The van der Waals surface area contributed by atoms with Gasteiger partial charge >= 0.3 is 12.3 Å². The van der Waals surface area contributed by atoms with Crippen LogP contribution in [-0.2, 0) is 22.3 Å². The Bertz CT molecular complexity index is 813. The van der Waals surface area contributed by atoms with Gasteiger partial charge in [0, 0.05) is 25.0 Å². The minimum atomic E-state index is -4.41. The van der Waals surface area contributed by atoms with Gasteiger partial charge in [0.25, 0.3) is 0 Å². The standard InChI is InChI=1S/C22H27F3N2O3/c23-22(24,25)17-6-1-4-15(12-17)14-26-20(29)30-18-8-10-21-9-3-11-27(21)19(28)7-2-5-16(21)13-18/h1,4,6,12,16,18H,2-3,5,7-11,13-14H2,(H,26,29)/t16-,18-,21+/m0/s1. The molecule has 2 saturated heterocycles. The van der Waals surface area contributed by atoms with Gasteiger partial charge in [0.2, 0.25) is 5.91 Å². The Balaban J connectivity index is 1.33. The molecule has 1 aliphatic carbocycles. The number of carbonyl (C=O) groups is 2. The molecule has 30 heavy (non-hydrogen) atoms. The first-order valence-corrected chi connectivity index (χ1v) is 10.7. The van der Waals surface area contributed by atoms with Crippen LogP contribution in [0.25, 0.3) is 0 Å². The second kappa shape index (κ2) is 8.12. The lowest BCUT2D eigenvalue weighted by Crippen LogP contribution is -2.54. The van der Waals surface area contributed by atoms with Crippen LogP contribution < -0.4 is 5.32 Å². The molecule has 0 aromatic heterocycles. The number of alkyl halides is 3. The largest absolute Gasteiger partial charge is 0.446 e. The number of nitrogens with one attached hydrogen (secondary N) is 1. The zero-order chi connectivity index (χ0) is 21.4. The van der Waals surface area contributed by atoms with Crippen LogP contribution >= 0.6 is 0 Å². The van der Waals surface area contributed by atoms with Gasteiger partial charge < -0.3 is 15.0 Å². The first-order chi connectivity index (χ1) is 14.3. The highest BCUT2D eigenvalue weighted by Crippen LogP contribution is 2.49. The molecule has 3 fully saturated rings. The molecular formula is C22H27F3N2O3. The van der Waals surface area contributed by atoms with E-state index in [2.05, 4.69) is 10.2 Å². The molecule has 5 nitrogen and oxygen atoms in total. The van der Waals surface area contributed by atoms with Crippen molar-refractivity contribution in [3.8, 4) is 0 Å². The fourth-order valence-corrected chi connectivity index (χ4v) is 5.58. The summed E-state index contributed by atoms with van der Waals surface area (Å²) >= 11 is 0. The van der Waals surface area contributed by atoms with Crippen molar-refractivity contribution in [3.63, 3.8) is 0 Å². The van der Waals surface area contributed by atoms with E-state index in [9.17, 15) is 22.8 Å². The highest BCUT2D eigenvalue weighted by Gasteiger charge is 2.52. The van der Waals surface area contributed by atoms with Gasteiger partial charge in [-0.15, -0.1) is 0 Å². The third-order valence-corrected chi connectivity index (χ3v) is 6.94. The molecule has 3 atom stereocenters. The molecule has 0 bridgehead atoms. The molecule has 8 heteroatoms. The van der Waals surface area contributed by atoms with Crippen LogP contribution in [0.3, 0.4) is 0 Å². The van der Waals surface area contributed by atoms with E-state index >= 15 is 0 Å². The minimum Gasteiger partial charge on any atom is -0.446 e. The summed E-state index contributed by atoms with van der Waals surface area (Å²) in [5.74, 6) is 0.592. The van der Waals surface area contributed by atoms with Crippen molar-refractivity contribution in [3.05, 3.63) is 35.4 Å². The Kier molecular flexibility index (Phi) is 5.68. The fraction of sp³-hybridized carbons (Fsp3) is 0.636. The first kappa shape index (κ1) is 21.0. The summed E-state index contributed by atoms with van der Waals surface area (Å²) in [7, 11) is 0. The van der Waals surface area contributed by atoms with Crippen molar-refractivity contribution in [2.45, 2.75) is 75.7 Å². The third kappa shape index (κ3) is 4.14. The number of benzene rings is 1. The van der Waals surface area contributed by atoms with Crippen LogP contribution in [-0.4, -0.2) is 35.1 Å². The first-order valence-electron chi connectivity index (χ1n) is 10.7. The third-order valence-electron chi connectivity index (χ3n) is 6.94. The lowest BCUT2D eigenvalue weighted by atomic mass is 9.69. The number of halogens is 3. The van der Waals surface area contributed by atoms with Gasteiger partial charge in [0.05, 0.1) is 5.56 Å². The van der Waals surface area contributed by atoms with E-state index in [1.54, 1.807) is 0 Å². The quantitative estimate of drug-likeness (QED) is 0.769. The van der Waals surface area contributed by atoms with Crippen LogP contribution in [0.4, 0.5) is 18.0 Å². The predicted molar refractivity (Wildman–Crippen MR) is 103 cm³/mol. The monoisotopic (exact) mass is 424 g/mol. The number of hydrogen-bond donors (Lipinski definition) is 1. The van der Waals surface area contributed by atoms with Gasteiger partial charge in [-0.3, -0.25) is 4.79 Å². The average molecular weight is 424 g/mol. The maximum absolute atomic E-state index is 12.8. The Morgan fingerprint density at radius 3 is 2.87 bits per heavy atom. The van der Waals surface area contributed by atoms with Crippen LogP contribution in [0.15, 0.2) is 24.3 Å². The SMILES string of the molecule is O=C(NCc1cccc(C(F)(F)F)c1)O[C@H]1CC[C@@]23CCCN2C(=O)CCC[C@H]3C1. The molecule has 2 heterocycles. The van der Waals surface area contributed by atoms with Crippen LogP contribution in [0.5, 0.6) is 0 Å². The minimum absolute atomic E-state index is 0.0227. The summed E-state index contributed by atoms with van der Waals surface area (Å²) < 4.78 is 44.1. The van der Waals surface area contributed by atoms with E-state index in [0.717, 1.165) is 57.2 Å². The molecular weight excluding hydrogens is 397 g/mol. The lowest BCUT2D eigenvalue weighted by molar-refractivity contribution is -0.138. The summed E-state index contributed by atoms with van der Waals surface area (Å²) in [5, 5.41) is 2.57. The van der Waals surface area contributed by atoms with Crippen molar-refractivity contribution in [1.29, 1.82) is 0 Å². The summed E-state index contributed by atoms with van der Waals surface area (Å²) in [4.78, 5) is 26.8. The molecule has 164 valence electrons. The molecule has 0 radical (unpaired) electrons. The van der Waals surface area contributed by atoms with Crippen molar-refractivity contribution >= 4 is 12.0 Å². The molecule has 0 unspecified atom stereocenters. The van der Waals surface area contributed by atoms with Crippen molar-refractivity contribution in [2.75, 3.05) is 6.54 Å². The fourth-order valence-electron chi connectivity index (χ4n) is 5.58. The molecule has 4 rings (SSSR count). The van der Waals surface area contributed by atoms with E-state index in [0.29, 0.717) is 24.3 Å². The Morgan fingerprint density at radius 2 is 2.07 bits per heavy atom. The smallest absolute Gasteiger partial charge is 0.416 e. The lowest BCUT2D eigenvalue weighted by Gasteiger charge is -2.48. The van der Waals surface area contributed by atoms with E-state index in [1.165, 1.54) is 12.1 Å². The van der Waals surface area contributed by atoms with Crippen molar-refractivity contribution in [1.82, 2.24) is 10.2 Å².